The highest BCUT2D eigenvalue weighted by Gasteiger charge is 2.20. The molecule has 0 radical (unpaired) electrons. The molecule has 3 heteroatoms. The van der Waals surface area contributed by atoms with Crippen LogP contribution in [0.2, 0.25) is 0 Å². The second-order valence-corrected chi connectivity index (χ2v) is 4.69. The predicted octanol–water partition coefficient (Wildman–Crippen LogP) is 4.04. The summed E-state index contributed by atoms with van der Waals surface area (Å²) >= 11 is 0. The zero-order chi connectivity index (χ0) is 15.7. The Morgan fingerprint density at radius 1 is 1.24 bits per heavy atom. The molecule has 0 bridgehead atoms. The van der Waals surface area contributed by atoms with E-state index in [1.807, 2.05) is 25.1 Å². The molecule has 3 nitrogen and oxygen atoms in total. The van der Waals surface area contributed by atoms with Crippen molar-refractivity contribution in [3.05, 3.63) is 72.4 Å². The van der Waals surface area contributed by atoms with Gasteiger partial charge in [-0.3, -0.25) is 9.59 Å². The average molecular weight is 284 g/mol. The van der Waals surface area contributed by atoms with E-state index in [4.69, 9.17) is 5.11 Å². The van der Waals surface area contributed by atoms with Gasteiger partial charge < -0.3 is 5.11 Å². The number of ketones is 1. The van der Waals surface area contributed by atoms with Crippen molar-refractivity contribution in [3.8, 4) is 0 Å². The lowest BCUT2D eigenvalue weighted by molar-refractivity contribution is -0.137. The first kappa shape index (κ1) is 16.6. The molecule has 0 amide bonds. The van der Waals surface area contributed by atoms with E-state index in [0.717, 1.165) is 5.57 Å². The number of carbonyl (C=O) groups excluding carboxylic acids is 1. The summed E-state index contributed by atoms with van der Waals surface area (Å²) in [4.78, 5) is 23.3. The lowest BCUT2D eigenvalue weighted by Crippen LogP contribution is -2.15. The minimum atomic E-state index is -0.916. The van der Waals surface area contributed by atoms with Crippen molar-refractivity contribution < 1.29 is 14.7 Å². The number of aliphatic carboxylic acids is 1. The van der Waals surface area contributed by atoms with Crippen molar-refractivity contribution in [3.63, 3.8) is 0 Å². The number of rotatable bonds is 8. The Labute approximate surface area is 125 Å². The van der Waals surface area contributed by atoms with Crippen molar-refractivity contribution in [2.75, 3.05) is 0 Å². The van der Waals surface area contributed by atoms with Crippen molar-refractivity contribution in [1.82, 2.24) is 0 Å². The van der Waals surface area contributed by atoms with E-state index in [-0.39, 0.29) is 24.5 Å². The van der Waals surface area contributed by atoms with Crippen LogP contribution in [-0.2, 0) is 4.79 Å². The van der Waals surface area contributed by atoms with Gasteiger partial charge >= 0.3 is 5.97 Å². The van der Waals surface area contributed by atoms with E-state index < -0.39 is 5.97 Å². The molecule has 0 aliphatic rings. The molecule has 0 aromatic heterocycles. The van der Waals surface area contributed by atoms with Gasteiger partial charge in [0.1, 0.15) is 0 Å². The molecule has 0 aliphatic heterocycles. The number of hydrogen-bond donors (Lipinski definition) is 1. The Bertz CT molecular complexity index is 553. The van der Waals surface area contributed by atoms with Gasteiger partial charge in [-0.2, -0.15) is 0 Å². The van der Waals surface area contributed by atoms with Gasteiger partial charge in [-0.25, -0.2) is 0 Å². The van der Waals surface area contributed by atoms with Crippen molar-refractivity contribution in [2.45, 2.75) is 19.8 Å². The molecule has 0 fully saturated rings. The molecule has 1 atom stereocenters. The Hall–Kier alpha value is -2.42. The first-order chi connectivity index (χ1) is 10.1. The normalized spacial score (nSPS) is 13.1. The standard InChI is InChI=1S/C18H20O3/c1-3-8-14(9-4-2)16(13-18(20)21)12-17(19)15-10-6-5-7-11-15/h3-11,16H,1,12-13H2,2H3,(H,20,21)/b9-4-,14-8+. The minimum Gasteiger partial charge on any atom is -0.481 e. The molecule has 0 spiro atoms. The number of benzene rings is 1. The quantitative estimate of drug-likeness (QED) is 0.579. The fourth-order valence-corrected chi connectivity index (χ4v) is 2.14. The number of hydrogen-bond acceptors (Lipinski definition) is 2. The van der Waals surface area contributed by atoms with Gasteiger partial charge in [0.2, 0.25) is 0 Å². The van der Waals surface area contributed by atoms with Crippen LogP contribution in [0.1, 0.15) is 30.1 Å². The van der Waals surface area contributed by atoms with Crippen LogP contribution in [0.3, 0.4) is 0 Å². The van der Waals surface area contributed by atoms with Crippen LogP contribution in [0.15, 0.2) is 66.8 Å². The Kier molecular flexibility index (Phi) is 6.88. The summed E-state index contributed by atoms with van der Waals surface area (Å²) in [5.41, 5.74) is 1.41. The third kappa shape index (κ3) is 5.61. The maximum Gasteiger partial charge on any atom is 0.303 e. The molecule has 1 rings (SSSR count). The SMILES string of the molecule is C=C/C=C(\C=C/C)C(CC(=O)O)CC(=O)c1ccccc1. The molecular weight excluding hydrogens is 264 g/mol. The highest BCUT2D eigenvalue weighted by atomic mass is 16.4. The Balaban J connectivity index is 2.97. The van der Waals surface area contributed by atoms with Gasteiger partial charge in [0, 0.05) is 17.9 Å². The maximum atomic E-state index is 12.3. The molecule has 0 saturated heterocycles. The molecule has 1 unspecified atom stereocenters. The van der Waals surface area contributed by atoms with E-state index in [1.54, 1.807) is 36.4 Å². The van der Waals surface area contributed by atoms with E-state index in [0.29, 0.717) is 5.56 Å². The highest BCUT2D eigenvalue weighted by molar-refractivity contribution is 5.96. The molecule has 21 heavy (non-hydrogen) atoms. The van der Waals surface area contributed by atoms with Crippen LogP contribution in [0.5, 0.6) is 0 Å². The molecule has 1 aromatic carbocycles. The molecular formula is C18H20O3. The van der Waals surface area contributed by atoms with Gasteiger partial charge in [0.05, 0.1) is 6.42 Å². The summed E-state index contributed by atoms with van der Waals surface area (Å²) < 4.78 is 0. The number of carbonyl (C=O) groups is 2. The summed E-state index contributed by atoms with van der Waals surface area (Å²) in [6, 6.07) is 8.92. The lowest BCUT2D eigenvalue weighted by atomic mass is 9.88. The second-order valence-electron chi connectivity index (χ2n) is 4.69. The van der Waals surface area contributed by atoms with Crippen LogP contribution >= 0.6 is 0 Å². The zero-order valence-corrected chi connectivity index (χ0v) is 12.2. The zero-order valence-electron chi connectivity index (χ0n) is 12.2. The Morgan fingerprint density at radius 2 is 1.90 bits per heavy atom. The lowest BCUT2D eigenvalue weighted by Gasteiger charge is -2.15. The van der Waals surface area contributed by atoms with E-state index in [2.05, 4.69) is 6.58 Å². The molecule has 0 heterocycles. The van der Waals surface area contributed by atoms with Crippen LogP contribution < -0.4 is 0 Å². The highest BCUT2D eigenvalue weighted by Crippen LogP contribution is 2.23. The van der Waals surface area contributed by atoms with E-state index >= 15 is 0 Å². The fraction of sp³-hybridized carbons (Fsp3) is 0.222. The van der Waals surface area contributed by atoms with Crippen molar-refractivity contribution >= 4 is 11.8 Å². The van der Waals surface area contributed by atoms with Gasteiger partial charge in [0.25, 0.3) is 0 Å². The first-order valence-corrected chi connectivity index (χ1v) is 6.83. The van der Waals surface area contributed by atoms with Crippen LogP contribution in [0.4, 0.5) is 0 Å². The van der Waals surface area contributed by atoms with Crippen molar-refractivity contribution in [2.24, 2.45) is 5.92 Å². The number of carboxylic acids is 1. The molecule has 110 valence electrons. The van der Waals surface area contributed by atoms with Crippen LogP contribution in [0, 0.1) is 5.92 Å². The summed E-state index contributed by atoms with van der Waals surface area (Å²) in [6.07, 6.45) is 7.11. The van der Waals surface area contributed by atoms with Gasteiger partial charge in [-0.05, 0) is 12.5 Å². The van der Waals surface area contributed by atoms with Gasteiger partial charge in [-0.1, -0.05) is 61.2 Å². The Morgan fingerprint density at radius 3 is 2.43 bits per heavy atom. The smallest absolute Gasteiger partial charge is 0.303 e. The molecule has 1 aromatic rings. The topological polar surface area (TPSA) is 54.4 Å². The van der Waals surface area contributed by atoms with E-state index in [1.165, 1.54) is 0 Å². The number of Topliss-reactive ketones (excluding diaryl/α,β-unsaturated/α-hetero) is 1. The summed E-state index contributed by atoms with van der Waals surface area (Å²) in [7, 11) is 0. The summed E-state index contributed by atoms with van der Waals surface area (Å²) in [5, 5.41) is 9.06. The minimum absolute atomic E-state index is 0.0543. The van der Waals surface area contributed by atoms with Gasteiger partial charge in [-0.15, -0.1) is 0 Å². The van der Waals surface area contributed by atoms with Crippen molar-refractivity contribution in [1.29, 1.82) is 0 Å². The number of allylic oxidation sites excluding steroid dienone is 5. The first-order valence-electron chi connectivity index (χ1n) is 6.83. The van der Waals surface area contributed by atoms with Crippen LogP contribution in [0.25, 0.3) is 0 Å². The third-order valence-electron chi connectivity index (χ3n) is 3.09. The van der Waals surface area contributed by atoms with Crippen LogP contribution in [-0.4, -0.2) is 16.9 Å². The third-order valence-corrected chi connectivity index (χ3v) is 3.09. The average Bonchev–Trinajstić information content (AvgIpc) is 2.46. The summed E-state index contributed by atoms with van der Waals surface area (Å²) in [6.45, 7) is 5.49. The monoisotopic (exact) mass is 284 g/mol. The second kappa shape index (κ2) is 8.69. The largest absolute Gasteiger partial charge is 0.481 e. The maximum absolute atomic E-state index is 12.3. The fourth-order valence-electron chi connectivity index (χ4n) is 2.14. The molecule has 1 N–H and O–H groups in total. The molecule has 0 saturated carbocycles. The van der Waals surface area contributed by atoms with Gasteiger partial charge in [0.15, 0.2) is 5.78 Å². The predicted molar refractivity (Wildman–Crippen MR) is 84.2 cm³/mol. The summed E-state index contributed by atoms with van der Waals surface area (Å²) in [5.74, 6) is -1.33. The number of carboxylic acid groups (broad SMARTS) is 1. The van der Waals surface area contributed by atoms with E-state index in [9.17, 15) is 9.59 Å². The molecule has 0 aliphatic carbocycles.